The van der Waals surface area contributed by atoms with Crippen LogP contribution in [0.15, 0.2) is 25.3 Å². The number of ether oxygens (including phenoxy) is 2. The van der Waals surface area contributed by atoms with Gasteiger partial charge in [-0.05, 0) is 0 Å². The second-order valence-electron chi connectivity index (χ2n) is 1.89. The highest BCUT2D eigenvalue weighted by Gasteiger charge is 1.90. The van der Waals surface area contributed by atoms with E-state index in [1.54, 1.807) is 0 Å². The van der Waals surface area contributed by atoms with Gasteiger partial charge in [-0.15, -0.1) is 0 Å². The van der Waals surface area contributed by atoms with Crippen LogP contribution in [0.2, 0.25) is 0 Å². The highest BCUT2D eigenvalue weighted by atomic mass is 16.6. The fraction of sp³-hybridized carbons (Fsp3) is 0.333. The molecule has 0 aromatic heterocycles. The summed E-state index contributed by atoms with van der Waals surface area (Å²) in [7, 11) is 0. The second kappa shape index (κ2) is 12.3. The first-order valence-electron chi connectivity index (χ1n) is 3.92. The third-order valence-corrected chi connectivity index (χ3v) is 0.876. The molecule has 0 saturated carbocycles. The summed E-state index contributed by atoms with van der Waals surface area (Å²) in [5, 5.41) is 16.0. The van der Waals surface area contributed by atoms with Crippen molar-refractivity contribution >= 4 is 11.9 Å². The van der Waals surface area contributed by atoms with Crippen LogP contribution in [0.4, 0.5) is 0 Å². The molecule has 6 nitrogen and oxygen atoms in total. The standard InChI is InChI=1S/C5H8O3.C4H6O3/c1-2-5(7)8-4-3-6;1-2-4(6)7-3-5/h2,6H,1,3-4H2;2,5H,1,3H2. The molecule has 0 spiro atoms. The minimum Gasteiger partial charge on any atom is -0.460 e. The molecule has 0 aliphatic rings. The summed E-state index contributed by atoms with van der Waals surface area (Å²) in [6.07, 6.45) is 2.03. The third kappa shape index (κ3) is 15.1. The third-order valence-electron chi connectivity index (χ3n) is 0.876. The van der Waals surface area contributed by atoms with Gasteiger partial charge in [0.25, 0.3) is 0 Å². The normalized spacial score (nSPS) is 7.87. The molecule has 0 heterocycles. The molecular weight excluding hydrogens is 204 g/mol. The number of rotatable bonds is 5. The van der Waals surface area contributed by atoms with Crippen molar-refractivity contribution in [3.8, 4) is 0 Å². The first-order chi connectivity index (χ1) is 7.12. The van der Waals surface area contributed by atoms with E-state index in [1.165, 1.54) is 0 Å². The van der Waals surface area contributed by atoms with Crippen molar-refractivity contribution in [2.24, 2.45) is 0 Å². The molecule has 0 aromatic rings. The maximum atomic E-state index is 10.1. The molecule has 0 unspecified atom stereocenters. The highest BCUT2D eigenvalue weighted by molar-refractivity contribution is 5.81. The van der Waals surface area contributed by atoms with Crippen molar-refractivity contribution < 1.29 is 29.3 Å². The Morgan fingerprint density at radius 2 is 1.53 bits per heavy atom. The lowest BCUT2D eigenvalue weighted by Gasteiger charge is -1.94. The van der Waals surface area contributed by atoms with Crippen molar-refractivity contribution in [2.75, 3.05) is 20.0 Å². The fourth-order valence-electron chi connectivity index (χ4n) is 0.328. The van der Waals surface area contributed by atoms with Crippen LogP contribution in [0.5, 0.6) is 0 Å². The monoisotopic (exact) mass is 218 g/mol. The summed E-state index contributed by atoms with van der Waals surface area (Å²) < 4.78 is 8.32. The van der Waals surface area contributed by atoms with Gasteiger partial charge < -0.3 is 19.7 Å². The van der Waals surface area contributed by atoms with Crippen LogP contribution in [0.1, 0.15) is 0 Å². The zero-order valence-electron chi connectivity index (χ0n) is 8.22. The first-order valence-corrected chi connectivity index (χ1v) is 3.92. The van der Waals surface area contributed by atoms with Crippen LogP contribution < -0.4 is 0 Å². The van der Waals surface area contributed by atoms with Crippen molar-refractivity contribution in [2.45, 2.75) is 0 Å². The number of hydrogen-bond donors (Lipinski definition) is 2. The van der Waals surface area contributed by atoms with E-state index in [0.29, 0.717) is 0 Å². The van der Waals surface area contributed by atoms with Crippen molar-refractivity contribution in [3.63, 3.8) is 0 Å². The Labute approximate surface area is 87.4 Å². The topological polar surface area (TPSA) is 93.1 Å². The van der Waals surface area contributed by atoms with Crippen LogP contribution in [0, 0.1) is 0 Å². The Hall–Kier alpha value is -1.66. The van der Waals surface area contributed by atoms with Gasteiger partial charge in [0.2, 0.25) is 0 Å². The van der Waals surface area contributed by atoms with E-state index in [-0.39, 0.29) is 13.2 Å². The Morgan fingerprint density at radius 3 is 1.80 bits per heavy atom. The Kier molecular flexibility index (Phi) is 13.0. The van der Waals surface area contributed by atoms with Gasteiger partial charge >= 0.3 is 11.9 Å². The molecule has 0 aliphatic heterocycles. The average molecular weight is 218 g/mol. The molecule has 0 rings (SSSR count). The molecule has 2 N–H and O–H groups in total. The molecule has 0 aliphatic carbocycles. The summed E-state index contributed by atoms with van der Waals surface area (Å²) in [4.78, 5) is 20.0. The second-order valence-corrected chi connectivity index (χ2v) is 1.89. The Balaban J connectivity index is 0. The van der Waals surface area contributed by atoms with Crippen LogP contribution in [-0.2, 0) is 19.1 Å². The summed E-state index contributed by atoms with van der Waals surface area (Å²) >= 11 is 0. The molecule has 6 heteroatoms. The average Bonchev–Trinajstić information content (AvgIpc) is 2.26. The number of esters is 2. The lowest BCUT2D eigenvalue weighted by atomic mass is 10.6. The van der Waals surface area contributed by atoms with Crippen molar-refractivity contribution in [1.82, 2.24) is 0 Å². The predicted octanol–water partition coefficient (Wildman–Crippen LogP) is -0.627. The van der Waals surface area contributed by atoms with Gasteiger partial charge in [0.1, 0.15) is 6.61 Å². The molecule has 15 heavy (non-hydrogen) atoms. The molecule has 86 valence electrons. The maximum absolute atomic E-state index is 10.1. The Morgan fingerprint density at radius 1 is 1.07 bits per heavy atom. The highest BCUT2D eigenvalue weighted by Crippen LogP contribution is 1.75. The summed E-state index contributed by atoms with van der Waals surface area (Å²) in [5.41, 5.74) is 0. The van der Waals surface area contributed by atoms with E-state index in [4.69, 9.17) is 10.2 Å². The number of aliphatic hydroxyl groups is 2. The van der Waals surface area contributed by atoms with E-state index in [9.17, 15) is 9.59 Å². The number of hydrogen-bond acceptors (Lipinski definition) is 6. The van der Waals surface area contributed by atoms with Gasteiger partial charge in [-0.25, -0.2) is 9.59 Å². The smallest absolute Gasteiger partial charge is 0.332 e. The van der Waals surface area contributed by atoms with Crippen LogP contribution in [-0.4, -0.2) is 42.2 Å². The van der Waals surface area contributed by atoms with E-state index in [2.05, 4.69) is 22.6 Å². The molecule has 0 radical (unpaired) electrons. The lowest BCUT2D eigenvalue weighted by molar-refractivity contribution is -0.145. The minimum absolute atomic E-state index is 0.0465. The first kappa shape index (κ1) is 15.8. The lowest BCUT2D eigenvalue weighted by Crippen LogP contribution is -2.04. The van der Waals surface area contributed by atoms with Gasteiger partial charge in [-0.2, -0.15) is 0 Å². The Bertz CT molecular complexity index is 211. The molecule has 0 amide bonds. The van der Waals surface area contributed by atoms with E-state index in [1.807, 2.05) is 0 Å². The zero-order chi connectivity index (χ0) is 12.1. The van der Waals surface area contributed by atoms with Crippen molar-refractivity contribution in [3.05, 3.63) is 25.3 Å². The minimum atomic E-state index is -0.609. The van der Waals surface area contributed by atoms with Gasteiger partial charge in [0.15, 0.2) is 6.79 Å². The largest absolute Gasteiger partial charge is 0.460 e. The van der Waals surface area contributed by atoms with E-state index >= 15 is 0 Å². The summed E-state index contributed by atoms with van der Waals surface area (Å²) in [6, 6.07) is 0. The maximum Gasteiger partial charge on any atom is 0.332 e. The van der Waals surface area contributed by atoms with Crippen LogP contribution in [0.25, 0.3) is 0 Å². The SMILES string of the molecule is C=CC(=O)OCCO.C=CC(=O)OCO. The molecule has 0 bridgehead atoms. The van der Waals surface area contributed by atoms with E-state index < -0.39 is 18.7 Å². The molecule has 0 fully saturated rings. The fourth-order valence-corrected chi connectivity index (χ4v) is 0.328. The summed E-state index contributed by atoms with van der Waals surface area (Å²) in [5.74, 6) is -1.11. The van der Waals surface area contributed by atoms with Gasteiger partial charge in [-0.3, -0.25) is 0 Å². The van der Waals surface area contributed by atoms with Gasteiger partial charge in [0.05, 0.1) is 6.61 Å². The zero-order valence-corrected chi connectivity index (χ0v) is 8.22. The predicted molar refractivity (Wildman–Crippen MR) is 51.6 cm³/mol. The van der Waals surface area contributed by atoms with Gasteiger partial charge in [0, 0.05) is 12.2 Å². The molecule has 0 aromatic carbocycles. The number of carbonyl (C=O) groups is 2. The van der Waals surface area contributed by atoms with Gasteiger partial charge in [-0.1, -0.05) is 13.2 Å². The summed E-state index contributed by atoms with van der Waals surface area (Å²) in [6.45, 7) is 5.58. The number of aliphatic hydroxyl groups excluding tert-OH is 2. The molecule has 0 atom stereocenters. The number of carbonyl (C=O) groups excluding carboxylic acids is 2. The van der Waals surface area contributed by atoms with E-state index in [0.717, 1.165) is 12.2 Å². The van der Waals surface area contributed by atoms with Crippen molar-refractivity contribution in [1.29, 1.82) is 0 Å². The molecular formula is C9H14O6. The van der Waals surface area contributed by atoms with Crippen LogP contribution in [0.3, 0.4) is 0 Å². The molecule has 0 saturated heterocycles. The quantitative estimate of drug-likeness (QED) is 0.362. The van der Waals surface area contributed by atoms with Crippen LogP contribution >= 0.6 is 0 Å².